The van der Waals surface area contributed by atoms with Gasteiger partial charge in [-0.05, 0) is 18.1 Å². The average Bonchev–Trinajstić information content (AvgIpc) is 2.83. The molecule has 2 nitrogen and oxygen atoms in total. The van der Waals surface area contributed by atoms with Crippen molar-refractivity contribution >= 4 is 33.8 Å². The number of hydrogen-bond acceptors (Lipinski definition) is 3. The molecule has 3 rings (SSSR count). The van der Waals surface area contributed by atoms with Gasteiger partial charge < -0.3 is 4.90 Å². The van der Waals surface area contributed by atoms with Gasteiger partial charge in [0, 0.05) is 17.6 Å². The Bertz CT molecular complexity index is 495. The number of halogens is 1. The van der Waals surface area contributed by atoms with Crippen LogP contribution in [0.25, 0.3) is 0 Å². The molecule has 0 saturated carbocycles. The predicted molar refractivity (Wildman–Crippen MR) is 64.3 cm³/mol. The molecule has 0 N–H and O–H groups in total. The van der Waals surface area contributed by atoms with Crippen LogP contribution in [0.3, 0.4) is 0 Å². The van der Waals surface area contributed by atoms with E-state index >= 15 is 0 Å². The van der Waals surface area contributed by atoms with Crippen molar-refractivity contribution in [2.45, 2.75) is 6.42 Å². The van der Waals surface area contributed by atoms with Gasteiger partial charge in [-0.15, -0.1) is 11.3 Å². The average molecular weight is 237 g/mol. The number of rotatable bonds is 1. The molecule has 15 heavy (non-hydrogen) atoms. The van der Waals surface area contributed by atoms with Gasteiger partial charge in [0.25, 0.3) is 0 Å². The van der Waals surface area contributed by atoms with E-state index in [-0.39, 0.29) is 0 Å². The van der Waals surface area contributed by atoms with E-state index < -0.39 is 0 Å². The molecule has 0 aliphatic carbocycles. The summed E-state index contributed by atoms with van der Waals surface area (Å²) in [7, 11) is 0. The zero-order valence-corrected chi connectivity index (χ0v) is 9.55. The van der Waals surface area contributed by atoms with Crippen LogP contribution in [-0.2, 0) is 6.42 Å². The topological polar surface area (TPSA) is 16.1 Å². The minimum absolute atomic E-state index is 0.583. The van der Waals surface area contributed by atoms with Crippen molar-refractivity contribution in [3.63, 3.8) is 0 Å². The van der Waals surface area contributed by atoms with Crippen LogP contribution < -0.4 is 4.90 Å². The van der Waals surface area contributed by atoms with Gasteiger partial charge in [0.2, 0.25) is 0 Å². The van der Waals surface area contributed by atoms with Gasteiger partial charge in [-0.25, -0.2) is 4.98 Å². The molecular weight excluding hydrogens is 228 g/mol. The van der Waals surface area contributed by atoms with Crippen molar-refractivity contribution in [2.24, 2.45) is 0 Å². The lowest BCUT2D eigenvalue weighted by Gasteiger charge is -2.14. The molecule has 0 radical (unpaired) electrons. The fourth-order valence-corrected chi connectivity index (χ4v) is 2.89. The van der Waals surface area contributed by atoms with Crippen LogP contribution in [0.4, 0.5) is 10.8 Å². The number of aromatic nitrogens is 1. The third-order valence-electron chi connectivity index (χ3n) is 2.58. The quantitative estimate of drug-likeness (QED) is 0.754. The van der Waals surface area contributed by atoms with E-state index in [1.807, 2.05) is 5.38 Å². The summed E-state index contributed by atoms with van der Waals surface area (Å²) in [5.74, 6) is 0. The summed E-state index contributed by atoms with van der Waals surface area (Å²) in [5, 5.41) is 3.45. The maximum atomic E-state index is 5.84. The molecule has 0 atom stereocenters. The lowest BCUT2D eigenvalue weighted by atomic mass is 10.2. The van der Waals surface area contributed by atoms with Crippen molar-refractivity contribution < 1.29 is 0 Å². The highest BCUT2D eigenvalue weighted by atomic mass is 35.5. The molecule has 4 heteroatoms. The number of thiazole rings is 1. The largest absolute Gasteiger partial charge is 0.317 e. The summed E-state index contributed by atoms with van der Waals surface area (Å²) in [6.45, 7) is 1.00. The molecule has 76 valence electrons. The van der Waals surface area contributed by atoms with Crippen LogP contribution in [0, 0.1) is 0 Å². The second kappa shape index (κ2) is 3.51. The molecule has 1 aliphatic heterocycles. The van der Waals surface area contributed by atoms with Gasteiger partial charge in [-0.3, -0.25) is 0 Å². The molecule has 0 unspecified atom stereocenters. The Morgan fingerprint density at radius 2 is 2.20 bits per heavy atom. The first-order valence-corrected chi connectivity index (χ1v) is 6.07. The predicted octanol–water partition coefficient (Wildman–Crippen LogP) is 3.49. The molecule has 1 aromatic heterocycles. The van der Waals surface area contributed by atoms with Crippen molar-refractivity contribution in [3.05, 3.63) is 40.4 Å². The van der Waals surface area contributed by atoms with Crippen molar-refractivity contribution in [1.29, 1.82) is 0 Å². The summed E-state index contributed by atoms with van der Waals surface area (Å²) < 4.78 is 0. The summed E-state index contributed by atoms with van der Waals surface area (Å²) in [5.41, 5.74) is 2.66. The van der Waals surface area contributed by atoms with Crippen LogP contribution in [0.1, 0.15) is 5.56 Å². The zero-order valence-electron chi connectivity index (χ0n) is 7.98. The van der Waals surface area contributed by atoms with Gasteiger partial charge >= 0.3 is 0 Å². The summed E-state index contributed by atoms with van der Waals surface area (Å²) in [6.07, 6.45) is 1.09. The molecule has 0 saturated heterocycles. The Kier molecular flexibility index (Phi) is 2.15. The smallest absolute Gasteiger partial charge is 0.191 e. The number of para-hydroxylation sites is 1. The molecule has 1 aliphatic rings. The summed E-state index contributed by atoms with van der Waals surface area (Å²) in [6, 6.07) is 8.45. The van der Waals surface area contributed by atoms with Crippen molar-refractivity contribution in [3.8, 4) is 0 Å². The Morgan fingerprint density at radius 3 is 3.00 bits per heavy atom. The first kappa shape index (κ1) is 9.19. The third-order valence-corrected chi connectivity index (χ3v) is 3.77. The Morgan fingerprint density at radius 1 is 1.33 bits per heavy atom. The van der Waals surface area contributed by atoms with E-state index in [1.165, 1.54) is 11.3 Å². The molecule has 0 fully saturated rings. The number of anilines is 2. The third kappa shape index (κ3) is 1.52. The second-order valence-corrected chi connectivity index (χ2v) is 4.71. The molecule has 2 heterocycles. The summed E-state index contributed by atoms with van der Waals surface area (Å²) in [4.78, 5) is 6.53. The Labute approximate surface area is 97.1 Å². The minimum atomic E-state index is 0.583. The summed E-state index contributed by atoms with van der Waals surface area (Å²) >= 11 is 7.43. The molecule has 1 aromatic carbocycles. The van der Waals surface area contributed by atoms with E-state index in [1.54, 1.807) is 11.3 Å². The van der Waals surface area contributed by atoms with E-state index in [2.05, 4.69) is 34.1 Å². The second-order valence-electron chi connectivity index (χ2n) is 3.48. The maximum absolute atomic E-state index is 5.84. The SMILES string of the molecule is Clc1csc(N2CCc3ccccc32)n1. The fraction of sp³-hybridized carbons (Fsp3) is 0.182. The normalized spacial score (nSPS) is 14.3. The highest BCUT2D eigenvalue weighted by molar-refractivity contribution is 7.14. The van der Waals surface area contributed by atoms with Crippen molar-refractivity contribution in [2.75, 3.05) is 11.4 Å². The van der Waals surface area contributed by atoms with E-state index in [0.717, 1.165) is 18.1 Å². The van der Waals surface area contributed by atoms with Gasteiger partial charge in [-0.2, -0.15) is 0 Å². The van der Waals surface area contributed by atoms with Crippen molar-refractivity contribution in [1.82, 2.24) is 4.98 Å². The number of nitrogens with zero attached hydrogens (tertiary/aromatic N) is 2. The van der Waals surface area contributed by atoms with Gasteiger partial charge in [0.15, 0.2) is 5.13 Å². The molecule has 2 aromatic rings. The molecule has 0 spiro atoms. The number of fused-ring (bicyclic) bond motifs is 1. The fourth-order valence-electron chi connectivity index (χ4n) is 1.91. The van der Waals surface area contributed by atoms with Crippen LogP contribution in [-0.4, -0.2) is 11.5 Å². The van der Waals surface area contributed by atoms with E-state index in [9.17, 15) is 0 Å². The maximum Gasteiger partial charge on any atom is 0.191 e. The van der Waals surface area contributed by atoms with Gasteiger partial charge in [0.1, 0.15) is 5.15 Å². The van der Waals surface area contributed by atoms with Gasteiger partial charge in [0.05, 0.1) is 0 Å². The van der Waals surface area contributed by atoms with Crippen LogP contribution in [0.2, 0.25) is 5.15 Å². The lowest BCUT2D eigenvalue weighted by molar-refractivity contribution is 0.990. The first-order chi connectivity index (χ1) is 7.34. The monoisotopic (exact) mass is 236 g/mol. The number of hydrogen-bond donors (Lipinski definition) is 0. The highest BCUT2D eigenvalue weighted by Crippen LogP contribution is 2.36. The lowest BCUT2D eigenvalue weighted by Crippen LogP contribution is -2.12. The van der Waals surface area contributed by atoms with Crippen LogP contribution in [0.5, 0.6) is 0 Å². The molecular formula is C11H9ClN2S. The molecule has 0 bridgehead atoms. The molecule has 0 amide bonds. The zero-order chi connectivity index (χ0) is 10.3. The minimum Gasteiger partial charge on any atom is -0.317 e. The van der Waals surface area contributed by atoms with Crippen LogP contribution in [0.15, 0.2) is 29.6 Å². The van der Waals surface area contributed by atoms with E-state index in [4.69, 9.17) is 11.6 Å². The Hall–Kier alpha value is -1.06. The van der Waals surface area contributed by atoms with Crippen LogP contribution >= 0.6 is 22.9 Å². The van der Waals surface area contributed by atoms with Gasteiger partial charge in [-0.1, -0.05) is 29.8 Å². The first-order valence-electron chi connectivity index (χ1n) is 4.81. The Balaban J connectivity index is 2.04. The number of benzene rings is 1. The van der Waals surface area contributed by atoms with E-state index in [0.29, 0.717) is 5.15 Å². The standard InChI is InChI=1S/C11H9ClN2S/c12-10-7-15-11(13-10)14-6-5-8-3-1-2-4-9(8)14/h1-4,7H,5-6H2. The highest BCUT2D eigenvalue weighted by Gasteiger charge is 2.21.